The molecule has 33 heavy (non-hydrogen) atoms. The Morgan fingerprint density at radius 2 is 1.91 bits per heavy atom. The molecule has 0 bridgehead atoms. The molecule has 4 rings (SSSR count). The number of hydrogen-bond donors (Lipinski definition) is 1. The van der Waals surface area contributed by atoms with E-state index in [0.717, 1.165) is 36.2 Å². The molecular weight excluding hydrogens is 441 g/mol. The van der Waals surface area contributed by atoms with Crippen LogP contribution in [0.25, 0.3) is 11.0 Å². The molecule has 2 aromatic heterocycles. The highest BCUT2D eigenvalue weighted by Gasteiger charge is 2.38. The third-order valence-corrected chi connectivity index (χ3v) is 5.22. The van der Waals surface area contributed by atoms with Gasteiger partial charge in [-0.1, -0.05) is 18.2 Å². The van der Waals surface area contributed by atoms with E-state index in [1.165, 1.54) is 0 Å². The average molecular weight is 466 g/mol. The summed E-state index contributed by atoms with van der Waals surface area (Å²) in [4.78, 5) is 26.1. The zero-order chi connectivity index (χ0) is 24.2. The minimum atomic E-state index is -5.08. The molecule has 1 N–H and O–H groups in total. The van der Waals surface area contributed by atoms with Crippen molar-refractivity contribution in [3.8, 4) is 0 Å². The number of alkyl halides is 3. The fourth-order valence-electron chi connectivity index (χ4n) is 3.55. The van der Waals surface area contributed by atoms with E-state index in [9.17, 15) is 18.0 Å². The third-order valence-electron chi connectivity index (χ3n) is 5.22. The van der Waals surface area contributed by atoms with Crippen LogP contribution in [0.4, 0.5) is 13.2 Å². The monoisotopic (exact) mass is 466 g/mol. The van der Waals surface area contributed by atoms with Crippen LogP contribution in [0.2, 0.25) is 0 Å². The molecule has 0 spiro atoms. The van der Waals surface area contributed by atoms with E-state index < -0.39 is 12.1 Å². The number of halogens is 3. The number of rotatable bonds is 4. The lowest BCUT2D eigenvalue weighted by atomic mass is 10.0. The Labute approximate surface area is 188 Å². The lowest BCUT2D eigenvalue weighted by molar-refractivity contribution is -0.192. The lowest BCUT2D eigenvalue weighted by Gasteiger charge is -2.24. The maximum Gasteiger partial charge on any atom is 0.490 e. The van der Waals surface area contributed by atoms with Gasteiger partial charge in [-0.2, -0.15) is 18.3 Å². The minimum Gasteiger partial charge on any atom is -0.475 e. The minimum absolute atomic E-state index is 0.0503. The van der Waals surface area contributed by atoms with Gasteiger partial charge in [-0.3, -0.25) is 9.48 Å². The molecule has 0 radical (unpaired) electrons. The molecule has 178 valence electrons. The van der Waals surface area contributed by atoms with Crippen LogP contribution in [0.15, 0.2) is 47.0 Å². The molecule has 1 aliphatic heterocycles. The summed E-state index contributed by atoms with van der Waals surface area (Å²) in [6, 6.07) is 11.6. The van der Waals surface area contributed by atoms with Crippen LogP contribution in [-0.2, 0) is 17.9 Å². The van der Waals surface area contributed by atoms with Crippen LogP contribution < -0.4 is 0 Å². The van der Waals surface area contributed by atoms with Crippen LogP contribution in [0.1, 0.15) is 22.7 Å². The standard InChI is InChI=1S/C20H24N4O2.C2HF3O2/c1-22(2)10-8-15-12-23(14-17-7-9-21-24(17)13-15)20(25)19-11-16-5-3-4-6-18(16)26-19;3-2(4,5)1(6)7/h3-7,9,11,15H,8,10,12-14H2,1-2H3;(H,6,7). The van der Waals surface area contributed by atoms with Crippen molar-refractivity contribution in [3.63, 3.8) is 0 Å². The summed E-state index contributed by atoms with van der Waals surface area (Å²) in [5.41, 5.74) is 1.82. The van der Waals surface area contributed by atoms with Crippen molar-refractivity contribution in [1.29, 1.82) is 0 Å². The topological polar surface area (TPSA) is 91.8 Å². The molecule has 3 heterocycles. The highest BCUT2D eigenvalue weighted by Crippen LogP contribution is 2.24. The number of fused-ring (bicyclic) bond motifs is 2. The van der Waals surface area contributed by atoms with E-state index in [2.05, 4.69) is 24.1 Å². The molecule has 0 saturated heterocycles. The first kappa shape index (κ1) is 24.3. The predicted molar refractivity (Wildman–Crippen MR) is 114 cm³/mol. The third kappa shape index (κ3) is 6.35. The van der Waals surface area contributed by atoms with Gasteiger partial charge < -0.3 is 19.3 Å². The van der Waals surface area contributed by atoms with Gasteiger partial charge in [-0.25, -0.2) is 4.79 Å². The first-order chi connectivity index (χ1) is 15.5. The maximum absolute atomic E-state index is 13.1. The number of benzene rings is 1. The number of furan rings is 1. The number of para-hydroxylation sites is 1. The summed E-state index contributed by atoms with van der Waals surface area (Å²) in [5, 5.41) is 12.5. The first-order valence-corrected chi connectivity index (χ1v) is 10.3. The van der Waals surface area contributed by atoms with E-state index in [4.69, 9.17) is 14.3 Å². The number of carboxylic acid groups (broad SMARTS) is 1. The Bertz CT molecular complexity index is 1070. The smallest absolute Gasteiger partial charge is 0.475 e. The highest BCUT2D eigenvalue weighted by atomic mass is 19.4. The summed E-state index contributed by atoms with van der Waals surface area (Å²) in [5.74, 6) is -2.03. The van der Waals surface area contributed by atoms with Gasteiger partial charge in [-0.05, 0) is 51.2 Å². The zero-order valence-electron chi connectivity index (χ0n) is 18.2. The van der Waals surface area contributed by atoms with Gasteiger partial charge in [0.2, 0.25) is 0 Å². The van der Waals surface area contributed by atoms with Crippen molar-refractivity contribution in [3.05, 3.63) is 54.0 Å². The van der Waals surface area contributed by atoms with Crippen molar-refractivity contribution in [2.45, 2.75) is 25.7 Å². The SMILES string of the molecule is CN(C)CCC1CN(C(=O)c2cc3ccccc3o2)Cc2ccnn2C1.O=C(O)C(F)(F)F. The summed E-state index contributed by atoms with van der Waals surface area (Å²) >= 11 is 0. The van der Waals surface area contributed by atoms with Crippen molar-refractivity contribution in [2.75, 3.05) is 27.2 Å². The Balaban J connectivity index is 0.000000383. The van der Waals surface area contributed by atoms with Crippen LogP contribution in [0.3, 0.4) is 0 Å². The number of aliphatic carboxylic acids is 1. The number of carbonyl (C=O) groups is 2. The summed E-state index contributed by atoms with van der Waals surface area (Å²) in [6.45, 7) is 3.12. The largest absolute Gasteiger partial charge is 0.490 e. The second-order valence-corrected chi connectivity index (χ2v) is 8.10. The van der Waals surface area contributed by atoms with Gasteiger partial charge >= 0.3 is 12.1 Å². The Morgan fingerprint density at radius 1 is 1.21 bits per heavy atom. The molecule has 1 amide bonds. The maximum atomic E-state index is 13.1. The molecule has 0 aliphatic carbocycles. The van der Waals surface area contributed by atoms with Gasteiger partial charge in [0.25, 0.3) is 5.91 Å². The van der Waals surface area contributed by atoms with Gasteiger partial charge in [-0.15, -0.1) is 0 Å². The van der Waals surface area contributed by atoms with E-state index in [0.29, 0.717) is 24.8 Å². The summed E-state index contributed by atoms with van der Waals surface area (Å²) in [7, 11) is 4.15. The van der Waals surface area contributed by atoms with Crippen molar-refractivity contribution in [1.82, 2.24) is 19.6 Å². The molecule has 3 aromatic rings. The fourth-order valence-corrected chi connectivity index (χ4v) is 3.55. The summed E-state index contributed by atoms with van der Waals surface area (Å²) in [6.07, 6.45) is -2.25. The molecule has 1 atom stereocenters. The number of aromatic nitrogens is 2. The highest BCUT2D eigenvalue weighted by molar-refractivity contribution is 5.96. The van der Waals surface area contributed by atoms with Crippen LogP contribution in [0.5, 0.6) is 0 Å². The molecule has 1 aliphatic rings. The van der Waals surface area contributed by atoms with Crippen molar-refractivity contribution >= 4 is 22.8 Å². The molecular formula is C22H25F3N4O4. The molecule has 1 unspecified atom stereocenters. The molecule has 1 aromatic carbocycles. The van der Waals surface area contributed by atoms with Gasteiger partial charge in [0, 0.05) is 24.7 Å². The van der Waals surface area contributed by atoms with E-state index in [1.54, 1.807) is 0 Å². The Morgan fingerprint density at radius 3 is 2.55 bits per heavy atom. The molecule has 0 fully saturated rings. The first-order valence-electron chi connectivity index (χ1n) is 10.3. The van der Waals surface area contributed by atoms with Crippen molar-refractivity contribution in [2.24, 2.45) is 5.92 Å². The lowest BCUT2D eigenvalue weighted by Crippen LogP contribution is -2.34. The summed E-state index contributed by atoms with van der Waals surface area (Å²) < 4.78 is 39.6. The molecule has 11 heteroatoms. The van der Waals surface area contributed by atoms with E-state index >= 15 is 0 Å². The van der Waals surface area contributed by atoms with Crippen LogP contribution >= 0.6 is 0 Å². The zero-order valence-corrected chi connectivity index (χ0v) is 18.2. The van der Waals surface area contributed by atoms with E-state index in [1.807, 2.05) is 52.2 Å². The quantitative estimate of drug-likeness (QED) is 0.633. The Hall–Kier alpha value is -3.34. The van der Waals surface area contributed by atoms with Gasteiger partial charge in [0.15, 0.2) is 5.76 Å². The van der Waals surface area contributed by atoms with Crippen LogP contribution in [-0.4, -0.2) is 69.9 Å². The normalized spacial score (nSPS) is 16.2. The number of carbonyl (C=O) groups excluding carboxylic acids is 1. The van der Waals surface area contributed by atoms with Crippen molar-refractivity contribution < 1.29 is 32.3 Å². The fraction of sp³-hybridized carbons (Fsp3) is 0.409. The number of nitrogens with zero attached hydrogens (tertiary/aromatic N) is 4. The predicted octanol–water partition coefficient (Wildman–Crippen LogP) is 3.49. The van der Waals surface area contributed by atoms with Gasteiger partial charge in [0.05, 0.1) is 12.2 Å². The molecule has 0 saturated carbocycles. The van der Waals surface area contributed by atoms with E-state index in [-0.39, 0.29) is 5.91 Å². The van der Waals surface area contributed by atoms with Crippen LogP contribution in [0, 0.1) is 5.92 Å². The second kappa shape index (κ2) is 10.1. The number of amides is 1. The number of hydrogen-bond acceptors (Lipinski definition) is 5. The average Bonchev–Trinajstić information content (AvgIpc) is 3.33. The molecule has 8 nitrogen and oxygen atoms in total. The Kier molecular flexibility index (Phi) is 7.42. The second-order valence-electron chi connectivity index (χ2n) is 8.10. The number of carboxylic acids is 1. The van der Waals surface area contributed by atoms with Gasteiger partial charge in [0.1, 0.15) is 5.58 Å².